The Morgan fingerprint density at radius 2 is 1.72 bits per heavy atom. The lowest BCUT2D eigenvalue weighted by atomic mass is 10.0. The smallest absolute Gasteiger partial charge is 0.254 e. The molecule has 1 aromatic carbocycles. The summed E-state index contributed by atoms with van der Waals surface area (Å²) in [5.74, 6) is -0.0144. The van der Waals surface area contributed by atoms with Gasteiger partial charge < -0.3 is 10.2 Å². The summed E-state index contributed by atoms with van der Waals surface area (Å²) in [6.07, 6.45) is 4.50. The molecule has 0 spiro atoms. The third-order valence-corrected chi connectivity index (χ3v) is 6.70. The van der Waals surface area contributed by atoms with Gasteiger partial charge in [0.25, 0.3) is 5.91 Å². The van der Waals surface area contributed by atoms with Gasteiger partial charge in [-0.15, -0.1) is 0 Å². The van der Waals surface area contributed by atoms with Gasteiger partial charge in [-0.25, -0.2) is 0 Å². The van der Waals surface area contributed by atoms with Gasteiger partial charge in [-0.1, -0.05) is 52.7 Å². The summed E-state index contributed by atoms with van der Waals surface area (Å²) in [5.41, 5.74) is 2.71. The molecular formula is C30H49N5O4. The van der Waals surface area contributed by atoms with Crippen molar-refractivity contribution in [1.29, 1.82) is 0 Å². The van der Waals surface area contributed by atoms with Crippen LogP contribution in [0.5, 0.6) is 0 Å². The fourth-order valence-corrected chi connectivity index (χ4v) is 4.27. The third-order valence-electron chi connectivity index (χ3n) is 6.70. The zero-order chi connectivity index (χ0) is 29.4. The third kappa shape index (κ3) is 12.1. The quantitative estimate of drug-likeness (QED) is 0.302. The van der Waals surface area contributed by atoms with Crippen LogP contribution in [0.15, 0.2) is 23.2 Å². The molecule has 1 aromatic rings. The number of hydrogen-bond acceptors (Lipinski definition) is 6. The van der Waals surface area contributed by atoms with Gasteiger partial charge in [-0.2, -0.15) is 0 Å². The summed E-state index contributed by atoms with van der Waals surface area (Å²) < 4.78 is 0. The number of piperazine rings is 1. The Labute approximate surface area is 234 Å². The Kier molecular flexibility index (Phi) is 15.9. The van der Waals surface area contributed by atoms with E-state index in [-0.39, 0.29) is 5.91 Å². The molecule has 2 rings (SSSR count). The zero-order valence-electron chi connectivity index (χ0n) is 25.0. The number of nitrogens with zero attached hydrogens (tertiary/aromatic N) is 3. The highest BCUT2D eigenvalue weighted by molar-refractivity contribution is 6.03. The number of hydrogen-bond donors (Lipinski definition) is 2. The molecule has 9 nitrogen and oxygen atoms in total. The Bertz CT molecular complexity index is 966. The molecule has 2 unspecified atom stereocenters. The number of aryl methyl sites for hydroxylation is 1. The molecule has 0 saturated carbocycles. The number of nitrogens with one attached hydrogen (secondary N) is 2. The average Bonchev–Trinajstić information content (AvgIpc) is 2.90. The Balaban J connectivity index is 0.000000416. The summed E-state index contributed by atoms with van der Waals surface area (Å²) in [5, 5.41) is 4.76. The first-order chi connectivity index (χ1) is 18.6. The molecule has 39 heavy (non-hydrogen) atoms. The summed E-state index contributed by atoms with van der Waals surface area (Å²) in [4.78, 5) is 55.7. The van der Waals surface area contributed by atoms with Crippen LogP contribution in [-0.2, 0) is 14.4 Å². The molecule has 1 heterocycles. The maximum atomic E-state index is 12.5. The Morgan fingerprint density at radius 1 is 1.05 bits per heavy atom. The molecule has 1 fully saturated rings. The van der Waals surface area contributed by atoms with Crippen molar-refractivity contribution in [2.75, 3.05) is 32.7 Å². The van der Waals surface area contributed by atoms with Gasteiger partial charge in [0.05, 0.1) is 11.3 Å². The fraction of sp³-hybridized carbons (Fsp3) is 0.633. The lowest BCUT2D eigenvalue weighted by Gasteiger charge is -2.35. The molecule has 0 aliphatic carbocycles. The van der Waals surface area contributed by atoms with Gasteiger partial charge in [-0.05, 0) is 57.7 Å². The second-order valence-corrected chi connectivity index (χ2v) is 10.4. The normalized spacial score (nSPS) is 14.8. The van der Waals surface area contributed by atoms with E-state index in [2.05, 4.69) is 41.3 Å². The van der Waals surface area contributed by atoms with Crippen LogP contribution >= 0.6 is 0 Å². The van der Waals surface area contributed by atoms with Crippen molar-refractivity contribution in [3.8, 4) is 0 Å². The van der Waals surface area contributed by atoms with E-state index in [4.69, 9.17) is 0 Å². The van der Waals surface area contributed by atoms with E-state index in [1.807, 2.05) is 38.7 Å². The Hall–Kier alpha value is -3.07. The Morgan fingerprint density at radius 3 is 2.26 bits per heavy atom. The predicted molar refractivity (Wildman–Crippen MR) is 157 cm³/mol. The van der Waals surface area contributed by atoms with E-state index in [0.717, 1.165) is 50.3 Å². The number of para-hydroxylation sites is 1. The summed E-state index contributed by atoms with van der Waals surface area (Å²) >= 11 is 0. The van der Waals surface area contributed by atoms with Crippen LogP contribution in [0.25, 0.3) is 0 Å². The number of amides is 4. The standard InChI is InChI=1S/C17H23N3O3.C13H26N2O/c1-5-7-14(17(23)18-10-21)20-16(22)13-9-6-8-12(4)15(13)19-11(2)3;1-4-6-14-7-9-15(10-8-14)13(16)11-12(3)5-2/h6,8-10,14H,5,7H2,1-4H3,(H,20,22)(H,18,21,23);12H,4-11H2,1-3H3. The molecule has 2 N–H and O–H groups in total. The largest absolute Gasteiger partial charge is 0.340 e. The van der Waals surface area contributed by atoms with E-state index < -0.39 is 11.9 Å². The molecule has 9 heteroatoms. The van der Waals surface area contributed by atoms with Crippen LogP contribution in [0.3, 0.4) is 0 Å². The van der Waals surface area contributed by atoms with Crippen molar-refractivity contribution in [2.24, 2.45) is 10.9 Å². The molecule has 1 aliphatic rings. The summed E-state index contributed by atoms with van der Waals surface area (Å²) in [7, 11) is 0. The highest BCUT2D eigenvalue weighted by Crippen LogP contribution is 2.24. The van der Waals surface area contributed by atoms with Gasteiger partial charge in [-0.3, -0.25) is 34.4 Å². The molecule has 1 saturated heterocycles. The molecule has 0 radical (unpaired) electrons. The minimum absolute atomic E-state index is 0.319. The molecule has 0 bridgehead atoms. The van der Waals surface area contributed by atoms with Gasteiger partial charge in [0.1, 0.15) is 6.04 Å². The molecule has 1 aliphatic heterocycles. The van der Waals surface area contributed by atoms with Crippen LogP contribution in [0.2, 0.25) is 0 Å². The molecule has 2 atom stereocenters. The van der Waals surface area contributed by atoms with Crippen molar-refractivity contribution in [3.05, 3.63) is 29.3 Å². The molecular weight excluding hydrogens is 494 g/mol. The number of carbonyl (C=O) groups is 4. The number of rotatable bonds is 12. The van der Waals surface area contributed by atoms with Crippen molar-refractivity contribution < 1.29 is 19.2 Å². The molecule has 4 amide bonds. The lowest BCUT2D eigenvalue weighted by molar-refractivity contribution is -0.134. The molecule has 218 valence electrons. The van der Waals surface area contributed by atoms with E-state index in [9.17, 15) is 19.2 Å². The summed E-state index contributed by atoms with van der Waals surface area (Å²) in [6, 6.07) is 4.57. The number of benzene rings is 1. The second kappa shape index (κ2) is 18.3. The van der Waals surface area contributed by atoms with E-state index >= 15 is 0 Å². The number of imide groups is 1. The van der Waals surface area contributed by atoms with Crippen molar-refractivity contribution in [3.63, 3.8) is 0 Å². The van der Waals surface area contributed by atoms with Crippen molar-refractivity contribution >= 4 is 35.5 Å². The van der Waals surface area contributed by atoms with E-state index in [0.29, 0.717) is 42.3 Å². The number of carbonyl (C=O) groups excluding carboxylic acids is 4. The summed E-state index contributed by atoms with van der Waals surface area (Å²) in [6.45, 7) is 19.1. The fourth-order valence-electron chi connectivity index (χ4n) is 4.27. The zero-order valence-corrected chi connectivity index (χ0v) is 25.0. The molecule has 0 aromatic heterocycles. The van der Waals surface area contributed by atoms with Gasteiger partial charge in [0.2, 0.25) is 18.2 Å². The maximum absolute atomic E-state index is 12.5. The maximum Gasteiger partial charge on any atom is 0.254 e. The predicted octanol–water partition coefficient (Wildman–Crippen LogP) is 4.26. The topological polar surface area (TPSA) is 111 Å². The van der Waals surface area contributed by atoms with Crippen LogP contribution in [0, 0.1) is 12.8 Å². The van der Waals surface area contributed by atoms with Gasteiger partial charge in [0, 0.05) is 38.3 Å². The van der Waals surface area contributed by atoms with Crippen LogP contribution < -0.4 is 10.6 Å². The van der Waals surface area contributed by atoms with Crippen LogP contribution in [0.1, 0.15) is 89.6 Å². The minimum Gasteiger partial charge on any atom is -0.340 e. The first kappa shape index (κ1) is 34.0. The van der Waals surface area contributed by atoms with Crippen molar-refractivity contribution in [2.45, 2.75) is 86.6 Å². The van der Waals surface area contributed by atoms with E-state index in [1.165, 1.54) is 13.0 Å². The van der Waals surface area contributed by atoms with Gasteiger partial charge >= 0.3 is 0 Å². The SMILES string of the molecule is CCCC(NC(=O)c1cccc(C)c1N=C(C)C)C(=O)NC=O.CCCN1CCN(C(=O)CC(C)CC)CC1. The first-order valence-electron chi connectivity index (χ1n) is 14.2. The average molecular weight is 544 g/mol. The van der Waals surface area contributed by atoms with Crippen LogP contribution in [-0.4, -0.2) is 78.4 Å². The van der Waals surface area contributed by atoms with E-state index in [1.54, 1.807) is 12.1 Å². The minimum atomic E-state index is -0.752. The highest BCUT2D eigenvalue weighted by Gasteiger charge is 2.23. The lowest BCUT2D eigenvalue weighted by Crippen LogP contribution is -2.49. The monoisotopic (exact) mass is 543 g/mol. The first-order valence-corrected chi connectivity index (χ1v) is 14.2. The van der Waals surface area contributed by atoms with Gasteiger partial charge in [0.15, 0.2) is 0 Å². The highest BCUT2D eigenvalue weighted by atomic mass is 16.2. The second-order valence-electron chi connectivity index (χ2n) is 10.4. The van der Waals surface area contributed by atoms with Crippen molar-refractivity contribution in [1.82, 2.24) is 20.4 Å². The van der Waals surface area contributed by atoms with Crippen LogP contribution in [0.4, 0.5) is 5.69 Å². The number of aliphatic imine (C=N–C) groups is 1.